The summed E-state index contributed by atoms with van der Waals surface area (Å²) in [4.78, 5) is 24.0. The average Bonchev–Trinajstić information content (AvgIpc) is 3.08. The van der Waals surface area contributed by atoms with Crippen molar-refractivity contribution in [3.05, 3.63) is 45.6 Å². The number of H-pyrrole nitrogens is 1. The number of nitro benzene ring substituents is 1. The van der Waals surface area contributed by atoms with Crippen LogP contribution >= 0.6 is 11.8 Å². The first-order valence-electron chi connectivity index (χ1n) is 8.75. The molecule has 1 heterocycles. The van der Waals surface area contributed by atoms with Gasteiger partial charge in [-0.1, -0.05) is 32.1 Å². The van der Waals surface area contributed by atoms with Crippen LogP contribution in [0, 0.1) is 16.0 Å². The number of rotatable bonds is 6. The highest BCUT2D eigenvalue weighted by atomic mass is 32.2. The van der Waals surface area contributed by atoms with Gasteiger partial charge in [0.25, 0.3) is 11.6 Å². The lowest BCUT2D eigenvalue weighted by atomic mass is 9.86. The van der Waals surface area contributed by atoms with Crippen molar-refractivity contribution in [1.29, 1.82) is 0 Å². The summed E-state index contributed by atoms with van der Waals surface area (Å²) in [6.45, 7) is 0. The molecule has 7 nitrogen and oxygen atoms in total. The third kappa shape index (κ3) is 4.43. The summed E-state index contributed by atoms with van der Waals surface area (Å²) in [5.41, 5.74) is 0.816. The van der Waals surface area contributed by atoms with E-state index in [1.807, 2.05) is 12.3 Å². The third-order valence-electron chi connectivity index (χ3n) is 4.75. The Morgan fingerprint density at radius 2 is 2.12 bits per heavy atom. The summed E-state index contributed by atoms with van der Waals surface area (Å²) in [5.74, 6) is 0.528. The van der Waals surface area contributed by atoms with E-state index in [0.717, 1.165) is 17.0 Å². The molecule has 1 aliphatic carbocycles. The molecule has 2 aromatic rings. The van der Waals surface area contributed by atoms with E-state index in [9.17, 15) is 14.9 Å². The Morgan fingerprint density at radius 1 is 1.35 bits per heavy atom. The Morgan fingerprint density at radius 3 is 2.81 bits per heavy atom. The Hall–Kier alpha value is -2.35. The van der Waals surface area contributed by atoms with Gasteiger partial charge in [-0.2, -0.15) is 5.10 Å². The second kappa shape index (κ2) is 8.35. The van der Waals surface area contributed by atoms with Crippen LogP contribution in [-0.2, 0) is 6.42 Å². The number of thioether (sulfide) groups is 1. The number of carbonyl (C=O) groups excluding carboxylic acids is 1. The van der Waals surface area contributed by atoms with E-state index in [-0.39, 0.29) is 11.3 Å². The number of aromatic amines is 1. The van der Waals surface area contributed by atoms with Crippen molar-refractivity contribution in [2.24, 2.45) is 5.92 Å². The fourth-order valence-corrected chi connectivity index (χ4v) is 3.84. The van der Waals surface area contributed by atoms with Gasteiger partial charge in [-0.25, -0.2) is 0 Å². The average molecular weight is 374 g/mol. The first-order valence-corrected chi connectivity index (χ1v) is 9.97. The van der Waals surface area contributed by atoms with E-state index in [4.69, 9.17) is 0 Å². The fourth-order valence-electron chi connectivity index (χ4n) is 3.40. The Labute approximate surface area is 156 Å². The van der Waals surface area contributed by atoms with E-state index in [1.165, 1.54) is 56.0 Å². The number of nitro groups is 1. The highest BCUT2D eigenvalue weighted by Crippen LogP contribution is 2.28. The maximum Gasteiger partial charge on any atom is 0.282 e. The molecule has 8 heteroatoms. The summed E-state index contributed by atoms with van der Waals surface area (Å²) < 4.78 is 0. The summed E-state index contributed by atoms with van der Waals surface area (Å²) in [5, 5.41) is 21.0. The second-order valence-electron chi connectivity index (χ2n) is 6.58. The maximum atomic E-state index is 12.5. The lowest BCUT2D eigenvalue weighted by Crippen LogP contribution is -2.14. The van der Waals surface area contributed by atoms with Crippen LogP contribution in [0.4, 0.5) is 11.5 Å². The predicted octanol–water partition coefficient (Wildman–Crippen LogP) is 4.41. The number of carbonyl (C=O) groups is 1. The smallest absolute Gasteiger partial charge is 0.282 e. The number of aromatic nitrogens is 2. The fraction of sp³-hybridized carbons (Fsp3) is 0.444. The molecular formula is C18H22N4O3S. The molecule has 0 radical (unpaired) electrons. The van der Waals surface area contributed by atoms with Gasteiger partial charge in [0.1, 0.15) is 5.56 Å². The first-order chi connectivity index (χ1) is 12.6. The van der Waals surface area contributed by atoms with Crippen molar-refractivity contribution in [2.75, 3.05) is 11.6 Å². The lowest BCUT2D eigenvalue weighted by molar-refractivity contribution is -0.385. The Bertz CT molecular complexity index is 799. The maximum absolute atomic E-state index is 12.5. The van der Waals surface area contributed by atoms with Gasteiger partial charge in [-0.3, -0.25) is 20.0 Å². The molecule has 1 fully saturated rings. The van der Waals surface area contributed by atoms with Crippen molar-refractivity contribution < 1.29 is 9.72 Å². The summed E-state index contributed by atoms with van der Waals surface area (Å²) in [6.07, 6.45) is 9.10. The molecule has 0 saturated heterocycles. The number of hydrogen-bond donors (Lipinski definition) is 2. The standard InChI is InChI=1S/C18H22N4O3S/c1-26-14-7-8-16(22(24)25)15(11-14)18(23)19-17-10-13(20-21-17)9-12-5-3-2-4-6-12/h7-8,10-12H,2-6,9H2,1H3,(H2,19,20,21,23). The van der Waals surface area contributed by atoms with Crippen molar-refractivity contribution in [3.8, 4) is 0 Å². The Balaban J connectivity index is 1.71. The van der Waals surface area contributed by atoms with Gasteiger partial charge < -0.3 is 5.32 Å². The summed E-state index contributed by atoms with van der Waals surface area (Å²) in [6, 6.07) is 6.35. The van der Waals surface area contributed by atoms with Crippen LogP contribution in [-0.4, -0.2) is 27.3 Å². The van der Waals surface area contributed by atoms with Crippen molar-refractivity contribution in [3.63, 3.8) is 0 Å². The zero-order chi connectivity index (χ0) is 18.5. The van der Waals surface area contributed by atoms with Crippen molar-refractivity contribution in [2.45, 2.75) is 43.4 Å². The minimum absolute atomic E-state index is 0.0404. The second-order valence-corrected chi connectivity index (χ2v) is 7.46. The van der Waals surface area contributed by atoms with Gasteiger partial charge in [0.15, 0.2) is 5.82 Å². The number of nitrogens with one attached hydrogen (secondary N) is 2. The van der Waals surface area contributed by atoms with Crippen LogP contribution in [0.1, 0.15) is 48.2 Å². The van der Waals surface area contributed by atoms with E-state index < -0.39 is 10.8 Å². The van der Waals surface area contributed by atoms with Gasteiger partial charge >= 0.3 is 0 Å². The highest BCUT2D eigenvalue weighted by Gasteiger charge is 2.22. The van der Waals surface area contributed by atoms with E-state index in [0.29, 0.717) is 11.7 Å². The zero-order valence-corrected chi connectivity index (χ0v) is 15.5. The molecule has 1 aliphatic rings. The van der Waals surface area contributed by atoms with E-state index >= 15 is 0 Å². The quantitative estimate of drug-likeness (QED) is 0.443. The van der Waals surface area contributed by atoms with Crippen molar-refractivity contribution >= 4 is 29.2 Å². The topological polar surface area (TPSA) is 101 Å². The summed E-state index contributed by atoms with van der Waals surface area (Å²) in [7, 11) is 0. The molecule has 0 atom stereocenters. The Kier molecular flexibility index (Phi) is 5.92. The SMILES string of the molecule is CSc1ccc([N+](=O)[O-])c(C(=O)Nc2cc(CC3CCCCC3)[nH]n2)c1. The minimum Gasteiger partial charge on any atom is -0.305 e. The molecule has 0 spiro atoms. The van der Waals surface area contributed by atoms with Gasteiger partial charge in [-0.05, 0) is 30.7 Å². The molecular weight excluding hydrogens is 352 g/mol. The zero-order valence-electron chi connectivity index (χ0n) is 14.7. The van der Waals surface area contributed by atoms with Crippen LogP contribution < -0.4 is 5.32 Å². The van der Waals surface area contributed by atoms with Gasteiger partial charge in [0.05, 0.1) is 4.92 Å². The summed E-state index contributed by atoms with van der Waals surface area (Å²) >= 11 is 1.43. The number of hydrogen-bond acceptors (Lipinski definition) is 5. The van der Waals surface area contributed by atoms with E-state index in [2.05, 4.69) is 15.5 Å². The first kappa shape index (κ1) is 18.4. The number of nitrogens with zero attached hydrogens (tertiary/aromatic N) is 2. The molecule has 0 unspecified atom stereocenters. The molecule has 0 aliphatic heterocycles. The van der Waals surface area contributed by atoms with Crippen LogP contribution in [0.15, 0.2) is 29.2 Å². The van der Waals surface area contributed by atoms with Crippen LogP contribution in [0.3, 0.4) is 0 Å². The largest absolute Gasteiger partial charge is 0.305 e. The van der Waals surface area contributed by atoms with Gasteiger partial charge in [-0.15, -0.1) is 11.8 Å². The molecule has 2 N–H and O–H groups in total. The molecule has 0 bridgehead atoms. The number of benzene rings is 1. The molecule has 138 valence electrons. The van der Waals surface area contributed by atoms with Crippen LogP contribution in [0.25, 0.3) is 0 Å². The molecule has 1 aromatic carbocycles. The van der Waals surface area contributed by atoms with Crippen LogP contribution in [0.5, 0.6) is 0 Å². The van der Waals surface area contributed by atoms with Gasteiger partial charge in [0.2, 0.25) is 0 Å². The number of amides is 1. The highest BCUT2D eigenvalue weighted by molar-refractivity contribution is 7.98. The molecule has 1 amide bonds. The van der Waals surface area contributed by atoms with Gasteiger partial charge in [0, 0.05) is 22.7 Å². The normalized spacial score (nSPS) is 15.0. The number of anilines is 1. The minimum atomic E-state index is -0.544. The molecule has 1 aromatic heterocycles. The lowest BCUT2D eigenvalue weighted by Gasteiger charge is -2.20. The molecule has 26 heavy (non-hydrogen) atoms. The van der Waals surface area contributed by atoms with E-state index in [1.54, 1.807) is 6.07 Å². The third-order valence-corrected chi connectivity index (χ3v) is 5.48. The molecule has 1 saturated carbocycles. The predicted molar refractivity (Wildman–Crippen MR) is 102 cm³/mol. The van der Waals surface area contributed by atoms with Crippen LogP contribution in [0.2, 0.25) is 0 Å². The monoisotopic (exact) mass is 374 g/mol. The molecule has 3 rings (SSSR count). The van der Waals surface area contributed by atoms with Crippen molar-refractivity contribution in [1.82, 2.24) is 10.2 Å².